The van der Waals surface area contributed by atoms with Crippen molar-refractivity contribution in [1.29, 1.82) is 0 Å². The molecule has 0 radical (unpaired) electrons. The van der Waals surface area contributed by atoms with Gasteiger partial charge in [0.15, 0.2) is 0 Å². The predicted octanol–water partition coefficient (Wildman–Crippen LogP) is 1.86. The van der Waals surface area contributed by atoms with Gasteiger partial charge in [0.05, 0.1) is 12.8 Å². The molecule has 0 spiro atoms. The van der Waals surface area contributed by atoms with E-state index >= 15 is 0 Å². The van der Waals surface area contributed by atoms with E-state index in [4.69, 9.17) is 17.5 Å². The molecule has 1 N–H and O–H groups in total. The van der Waals surface area contributed by atoms with E-state index in [1.807, 2.05) is 0 Å². The van der Waals surface area contributed by atoms with Crippen molar-refractivity contribution in [2.45, 2.75) is 26.2 Å². The normalized spacial score (nSPS) is 29.8. The summed E-state index contributed by atoms with van der Waals surface area (Å²) in [4.78, 5) is 28.4. The van der Waals surface area contributed by atoms with Gasteiger partial charge in [-0.2, -0.15) is 0 Å². The molecule has 3 heterocycles. The van der Waals surface area contributed by atoms with Gasteiger partial charge in [-0.3, -0.25) is 4.79 Å². The smallest absolute Gasteiger partial charge is 0.302 e. The van der Waals surface area contributed by atoms with Crippen LogP contribution in [0.2, 0.25) is 0 Å². The number of nitrogens with zero attached hydrogens (tertiary/aromatic N) is 5. The first-order valence-electron chi connectivity index (χ1n) is 11.4. The number of anilines is 1. The van der Waals surface area contributed by atoms with E-state index in [1.54, 1.807) is 6.92 Å². The third-order valence-corrected chi connectivity index (χ3v) is 4.00. The van der Waals surface area contributed by atoms with Gasteiger partial charge in [0, 0.05) is 35.4 Å². The zero-order chi connectivity index (χ0) is 24.1. The van der Waals surface area contributed by atoms with Gasteiger partial charge in [0.2, 0.25) is 0 Å². The lowest BCUT2D eigenvalue weighted by Gasteiger charge is -2.41. The van der Waals surface area contributed by atoms with E-state index in [-0.39, 0.29) is 35.9 Å². The Morgan fingerprint density at radius 3 is 3.33 bits per heavy atom. The van der Waals surface area contributed by atoms with Gasteiger partial charge in [0.25, 0.3) is 6.54 Å². The summed E-state index contributed by atoms with van der Waals surface area (Å²) in [6.45, 7) is 1.75. The van der Waals surface area contributed by atoms with Crippen molar-refractivity contribution in [1.82, 2.24) is 19.9 Å². The van der Waals surface area contributed by atoms with Gasteiger partial charge in [-0.15, -0.1) is 0 Å². The van der Waals surface area contributed by atoms with Gasteiger partial charge in [-0.05, 0) is 25.3 Å². The fraction of sp³-hybridized carbons (Fsp3) is 0.529. The third kappa shape index (κ3) is 2.92. The first-order valence-corrected chi connectivity index (χ1v) is 7.42. The molecule has 1 aliphatic heterocycles. The van der Waals surface area contributed by atoms with Crippen LogP contribution in [-0.4, -0.2) is 58.4 Å². The van der Waals surface area contributed by atoms with Gasteiger partial charge < -0.3 is 19.6 Å². The molecule has 1 saturated heterocycles. The quantitative estimate of drug-likeness (QED) is 0.870. The van der Waals surface area contributed by atoms with Gasteiger partial charge in [-0.25, -0.2) is 16.5 Å². The molecule has 2 aromatic heterocycles. The van der Waals surface area contributed by atoms with Crippen LogP contribution in [0.3, 0.4) is 0 Å². The van der Waals surface area contributed by atoms with Crippen molar-refractivity contribution in [3.63, 3.8) is 0 Å². The number of likely N-dealkylation sites (tertiary alicyclic amines) is 1. The highest BCUT2D eigenvalue weighted by molar-refractivity contribution is 5.88. The number of hydrogen-bond donors (Lipinski definition) is 1. The molecule has 0 saturated carbocycles. The number of aryl methyl sites for hydroxylation is 1. The lowest BCUT2D eigenvalue weighted by atomic mass is 9.92. The lowest BCUT2D eigenvalue weighted by Crippen LogP contribution is -2.53. The summed E-state index contributed by atoms with van der Waals surface area (Å²) in [7, 11) is 0. The molecule has 2 atom stereocenters. The second-order valence-corrected chi connectivity index (χ2v) is 5.61. The average Bonchev–Trinajstić information content (AvgIpc) is 2.96. The molecule has 0 bridgehead atoms. The van der Waals surface area contributed by atoms with Crippen molar-refractivity contribution >= 4 is 22.8 Å². The zero-order valence-corrected chi connectivity index (χ0v) is 13.1. The second-order valence-electron chi connectivity index (χ2n) is 5.61. The Bertz CT molecular complexity index is 1070. The van der Waals surface area contributed by atoms with Crippen LogP contribution >= 0.6 is 0 Å². The van der Waals surface area contributed by atoms with E-state index in [1.165, 1.54) is 4.90 Å². The highest BCUT2D eigenvalue weighted by Gasteiger charge is 2.33. The van der Waals surface area contributed by atoms with Crippen LogP contribution in [-0.2, 0) is 4.79 Å². The Morgan fingerprint density at radius 2 is 2.58 bits per heavy atom. The van der Waals surface area contributed by atoms with E-state index in [0.717, 1.165) is 11.2 Å². The highest BCUT2D eigenvalue weighted by Crippen LogP contribution is 2.29. The second kappa shape index (κ2) is 6.48. The molecule has 2 aromatic rings. The molecule has 1 fully saturated rings. The van der Waals surface area contributed by atoms with Crippen LogP contribution in [0.1, 0.15) is 29.9 Å². The minimum absolute atomic E-state index is 0.0499. The number of aromatic amines is 1. The number of hydrogen-bond acceptors (Lipinski definition) is 4. The number of aromatic nitrogens is 3. The Morgan fingerprint density at radius 1 is 1.71 bits per heavy atom. The predicted molar refractivity (Wildman–Crippen MR) is 92.6 cm³/mol. The summed E-state index contributed by atoms with van der Waals surface area (Å²) in [5.41, 5.74) is 0.616. The topological polar surface area (TPSA) is 69.5 Å². The minimum Gasteiger partial charge on any atom is -0.354 e. The van der Waals surface area contributed by atoms with Crippen LogP contribution in [0.4, 0.5) is 5.82 Å². The fourth-order valence-electron chi connectivity index (χ4n) is 2.78. The SMILES string of the molecule is [2H]c1c(C)[nH]c2ncnc(N([C@H]3CN(C(=O)C[N+]#[C-])CC[C@@]3([2H])C([2H])([2H])[2H])C([2H])([2H])[2H])c12. The zero-order valence-electron chi connectivity index (χ0n) is 21.1. The molecule has 1 amide bonds. The number of nitrogens with one attached hydrogen (secondary N) is 1. The molecule has 7 nitrogen and oxygen atoms in total. The number of piperidine rings is 1. The van der Waals surface area contributed by atoms with E-state index in [9.17, 15) is 4.79 Å². The van der Waals surface area contributed by atoms with Gasteiger partial charge in [0.1, 0.15) is 17.8 Å². The average molecular weight is 334 g/mol. The maximum Gasteiger partial charge on any atom is 0.302 e. The Labute approximate surface area is 152 Å². The van der Waals surface area contributed by atoms with Crippen molar-refractivity contribution in [3.05, 3.63) is 29.5 Å². The summed E-state index contributed by atoms with van der Waals surface area (Å²) < 4.78 is 65.6. The van der Waals surface area contributed by atoms with Crippen LogP contribution in [0.25, 0.3) is 15.9 Å². The Kier molecular flexibility index (Phi) is 2.43. The maximum absolute atomic E-state index is 12.4. The number of fused-ring (bicyclic) bond motifs is 1. The summed E-state index contributed by atoms with van der Waals surface area (Å²) >= 11 is 0. The number of rotatable bonds is 3. The fourth-order valence-corrected chi connectivity index (χ4v) is 2.78. The number of carbonyl (C=O) groups excluding carboxylic acids is 1. The summed E-state index contributed by atoms with van der Waals surface area (Å²) in [6.07, 6.45) is 0.774. The van der Waals surface area contributed by atoms with Crippen LogP contribution in [0.15, 0.2) is 12.4 Å². The van der Waals surface area contributed by atoms with Crippen LogP contribution in [0, 0.1) is 19.4 Å². The molecular formula is C17H22N6O. The molecule has 7 heteroatoms. The van der Waals surface area contributed by atoms with Gasteiger partial charge in [-0.1, -0.05) is 6.85 Å². The molecule has 24 heavy (non-hydrogen) atoms. The lowest BCUT2D eigenvalue weighted by molar-refractivity contribution is -0.130. The highest BCUT2D eigenvalue weighted by atomic mass is 16.2. The molecular weight excluding hydrogens is 304 g/mol. The van der Waals surface area contributed by atoms with Crippen LogP contribution < -0.4 is 4.90 Å². The monoisotopic (exact) mass is 334 g/mol. The summed E-state index contributed by atoms with van der Waals surface area (Å²) in [6, 6.07) is -1.57. The maximum atomic E-state index is 12.4. The summed E-state index contributed by atoms with van der Waals surface area (Å²) in [5, 5.41) is 0.0821. The standard InChI is InChI=1S/C17H22N6O/c1-11-5-6-23(15(24)8-18-3)9-14(11)22(4)17-13-7-12(2)21-16(13)19-10-20-17/h7,10-11,14H,5-6,8-9H2,1-2,4H3,(H,19,20,21)/t11-,14+/m1/s1/i1D3,4D3,7D,11D. The van der Waals surface area contributed by atoms with Crippen molar-refractivity contribution in [2.75, 3.05) is 31.5 Å². The third-order valence-electron chi connectivity index (χ3n) is 4.00. The van der Waals surface area contributed by atoms with Crippen molar-refractivity contribution < 1.29 is 15.8 Å². The van der Waals surface area contributed by atoms with Crippen molar-refractivity contribution in [2.24, 2.45) is 5.89 Å². The number of likely N-dealkylation sites (N-methyl/N-ethyl adjacent to an activating group) is 1. The Hall–Kier alpha value is -2.62. The van der Waals surface area contributed by atoms with E-state index in [0.29, 0.717) is 5.69 Å². The Balaban J connectivity index is 2.24. The number of H-pyrrole nitrogens is 1. The van der Waals surface area contributed by atoms with E-state index < -0.39 is 44.8 Å². The molecule has 0 aromatic carbocycles. The van der Waals surface area contributed by atoms with E-state index in [2.05, 4.69) is 19.8 Å². The first kappa shape index (κ1) is 9.02. The van der Waals surface area contributed by atoms with Gasteiger partial charge >= 0.3 is 5.91 Å². The minimum atomic E-state index is -2.95. The molecule has 3 rings (SSSR count). The van der Waals surface area contributed by atoms with Crippen molar-refractivity contribution in [3.8, 4) is 0 Å². The molecule has 0 aliphatic carbocycles. The largest absolute Gasteiger partial charge is 0.354 e. The first-order chi connectivity index (χ1) is 14.7. The molecule has 1 aliphatic rings. The number of amides is 1. The molecule has 0 unspecified atom stereocenters. The van der Waals surface area contributed by atoms with Crippen LogP contribution in [0.5, 0.6) is 0 Å². The number of carbonyl (C=O) groups is 1. The molecule has 126 valence electrons. The summed E-state index contributed by atoms with van der Waals surface area (Å²) in [5.74, 6) is -3.04.